The molecule has 0 saturated heterocycles. The van der Waals surface area contributed by atoms with Crippen molar-refractivity contribution in [1.82, 2.24) is 0 Å². The number of carbonyl (C=O) groups excluding carboxylic acids is 1. The number of anilines is 3. The highest BCUT2D eigenvalue weighted by atomic mass is 35.5. The van der Waals surface area contributed by atoms with Crippen molar-refractivity contribution >= 4 is 66.2 Å². The Balaban J connectivity index is 1.73. The molecule has 0 aliphatic rings. The zero-order chi connectivity index (χ0) is 26.0. The van der Waals surface area contributed by atoms with E-state index in [9.17, 15) is 21.6 Å². The fourth-order valence-electron chi connectivity index (χ4n) is 3.15. The first kappa shape index (κ1) is 26.8. The van der Waals surface area contributed by atoms with Gasteiger partial charge < -0.3 is 5.32 Å². The molecule has 12 heteroatoms. The Morgan fingerprint density at radius 2 is 1.40 bits per heavy atom. The van der Waals surface area contributed by atoms with Gasteiger partial charge in [-0.2, -0.15) is 0 Å². The first-order valence-electron chi connectivity index (χ1n) is 10.2. The largest absolute Gasteiger partial charge is 0.325 e. The maximum absolute atomic E-state index is 12.7. The monoisotopic (exact) mass is 555 g/mol. The molecule has 0 unspecified atom stereocenters. The lowest BCUT2D eigenvalue weighted by Crippen LogP contribution is -2.37. The molecule has 0 fully saturated rings. The van der Waals surface area contributed by atoms with E-state index < -0.39 is 32.5 Å². The lowest BCUT2D eigenvalue weighted by atomic mass is 10.1. The number of nitrogens with one attached hydrogen (secondary N) is 2. The maximum Gasteiger partial charge on any atom is 0.261 e. The number of amides is 1. The van der Waals surface area contributed by atoms with E-state index in [-0.39, 0.29) is 26.3 Å². The van der Waals surface area contributed by atoms with Gasteiger partial charge in [-0.3, -0.25) is 13.8 Å². The predicted octanol–water partition coefficient (Wildman–Crippen LogP) is 4.82. The van der Waals surface area contributed by atoms with Crippen LogP contribution in [-0.4, -0.2) is 35.5 Å². The molecule has 0 aliphatic heterocycles. The van der Waals surface area contributed by atoms with Crippen LogP contribution in [0.1, 0.15) is 11.1 Å². The number of sulfonamides is 2. The molecule has 3 aromatic rings. The first-order chi connectivity index (χ1) is 16.2. The average Bonchev–Trinajstić information content (AvgIpc) is 2.73. The predicted molar refractivity (Wildman–Crippen MR) is 140 cm³/mol. The summed E-state index contributed by atoms with van der Waals surface area (Å²) in [5, 5.41) is 2.99. The van der Waals surface area contributed by atoms with Gasteiger partial charge in [0.15, 0.2) is 0 Å². The zero-order valence-electron chi connectivity index (χ0n) is 19.0. The third-order valence-corrected chi connectivity index (χ3v) is 8.00. The van der Waals surface area contributed by atoms with Crippen LogP contribution in [0.2, 0.25) is 10.0 Å². The number of hydrogen-bond donors (Lipinski definition) is 2. The van der Waals surface area contributed by atoms with Crippen molar-refractivity contribution in [2.45, 2.75) is 18.7 Å². The average molecular weight is 556 g/mol. The normalized spacial score (nSPS) is 11.7. The molecule has 3 aromatic carbocycles. The van der Waals surface area contributed by atoms with Gasteiger partial charge in [0.2, 0.25) is 15.9 Å². The van der Waals surface area contributed by atoms with Crippen molar-refractivity contribution in [3.05, 3.63) is 81.8 Å². The standard InChI is InChI=1S/C23H23Cl2N3O5S2/c1-15-4-5-20(10-16(15)2)27-35(32,33)22-8-6-19(7-9-22)26-23(29)14-28(34(3,30)31)21-12-17(24)11-18(25)13-21/h4-13,27H,14H2,1-3H3,(H,26,29). The van der Waals surface area contributed by atoms with E-state index in [1.165, 1.54) is 42.5 Å². The summed E-state index contributed by atoms with van der Waals surface area (Å²) in [5.74, 6) is -0.643. The van der Waals surface area contributed by atoms with Crippen LogP contribution in [0.3, 0.4) is 0 Å². The molecular formula is C23H23Cl2N3O5S2. The van der Waals surface area contributed by atoms with Crippen LogP contribution in [0.15, 0.2) is 65.6 Å². The first-order valence-corrected chi connectivity index (χ1v) is 14.3. The molecule has 35 heavy (non-hydrogen) atoms. The number of nitrogens with zero attached hydrogens (tertiary/aromatic N) is 1. The Kier molecular flexibility index (Phi) is 8.00. The van der Waals surface area contributed by atoms with Crippen LogP contribution in [-0.2, 0) is 24.8 Å². The summed E-state index contributed by atoms with van der Waals surface area (Å²) in [6, 6.07) is 14.9. The van der Waals surface area contributed by atoms with E-state index in [0.29, 0.717) is 5.69 Å². The van der Waals surface area contributed by atoms with Gasteiger partial charge in [0.25, 0.3) is 10.0 Å². The molecule has 8 nitrogen and oxygen atoms in total. The Hall–Kier alpha value is -2.79. The van der Waals surface area contributed by atoms with Gasteiger partial charge in [0.1, 0.15) is 6.54 Å². The molecule has 0 heterocycles. The van der Waals surface area contributed by atoms with Gasteiger partial charge in [-0.1, -0.05) is 29.3 Å². The highest BCUT2D eigenvalue weighted by molar-refractivity contribution is 7.92. The minimum atomic E-state index is -3.85. The number of carbonyl (C=O) groups is 1. The minimum absolute atomic E-state index is 0.0000545. The van der Waals surface area contributed by atoms with Crippen LogP contribution in [0.5, 0.6) is 0 Å². The van der Waals surface area contributed by atoms with Gasteiger partial charge in [0, 0.05) is 21.4 Å². The van der Waals surface area contributed by atoms with E-state index in [1.54, 1.807) is 12.1 Å². The molecule has 186 valence electrons. The number of halogens is 2. The molecule has 1 amide bonds. The molecular weight excluding hydrogens is 533 g/mol. The van der Waals surface area contributed by atoms with Crippen LogP contribution in [0.4, 0.5) is 17.1 Å². The summed E-state index contributed by atoms with van der Waals surface area (Å²) < 4.78 is 53.3. The highest BCUT2D eigenvalue weighted by Crippen LogP contribution is 2.27. The van der Waals surface area contributed by atoms with Crippen molar-refractivity contribution in [2.24, 2.45) is 0 Å². The number of rotatable bonds is 8. The van der Waals surface area contributed by atoms with E-state index in [2.05, 4.69) is 10.0 Å². The molecule has 0 spiro atoms. The van der Waals surface area contributed by atoms with E-state index in [0.717, 1.165) is 21.7 Å². The van der Waals surface area contributed by atoms with Crippen molar-refractivity contribution in [1.29, 1.82) is 0 Å². The fourth-order valence-corrected chi connectivity index (χ4v) is 5.55. The minimum Gasteiger partial charge on any atom is -0.325 e. The second kappa shape index (κ2) is 10.4. The lowest BCUT2D eigenvalue weighted by molar-refractivity contribution is -0.114. The van der Waals surface area contributed by atoms with Crippen LogP contribution in [0.25, 0.3) is 0 Å². The number of hydrogen-bond acceptors (Lipinski definition) is 5. The molecule has 0 bridgehead atoms. The van der Waals surface area contributed by atoms with E-state index >= 15 is 0 Å². The summed E-state index contributed by atoms with van der Waals surface area (Å²) >= 11 is 11.9. The second-order valence-electron chi connectivity index (χ2n) is 7.87. The summed E-state index contributed by atoms with van der Waals surface area (Å²) in [4.78, 5) is 12.6. The van der Waals surface area contributed by atoms with Crippen molar-refractivity contribution < 1.29 is 21.6 Å². The van der Waals surface area contributed by atoms with Crippen LogP contribution < -0.4 is 14.3 Å². The second-order valence-corrected chi connectivity index (χ2v) is 12.3. The van der Waals surface area contributed by atoms with E-state index in [1.807, 2.05) is 19.9 Å². The Bertz CT molecular complexity index is 1460. The highest BCUT2D eigenvalue weighted by Gasteiger charge is 2.22. The third-order valence-electron chi connectivity index (χ3n) is 5.03. The Morgan fingerprint density at radius 1 is 0.829 bits per heavy atom. The van der Waals surface area contributed by atoms with Crippen molar-refractivity contribution in [3.8, 4) is 0 Å². The molecule has 0 aromatic heterocycles. The Labute approximate surface area is 215 Å². The quantitative estimate of drug-likeness (QED) is 0.413. The summed E-state index contributed by atoms with van der Waals surface area (Å²) in [6.45, 7) is 3.28. The molecule has 0 saturated carbocycles. The summed E-state index contributed by atoms with van der Waals surface area (Å²) in [5.41, 5.74) is 2.86. The maximum atomic E-state index is 12.7. The molecule has 0 atom stereocenters. The van der Waals surface area contributed by atoms with E-state index in [4.69, 9.17) is 23.2 Å². The van der Waals surface area contributed by atoms with Crippen molar-refractivity contribution in [3.63, 3.8) is 0 Å². The number of benzene rings is 3. The van der Waals surface area contributed by atoms with Gasteiger partial charge in [-0.05, 0) is 79.6 Å². The molecule has 0 aliphatic carbocycles. The fraction of sp³-hybridized carbons (Fsp3) is 0.174. The smallest absolute Gasteiger partial charge is 0.261 e. The molecule has 3 rings (SSSR count). The van der Waals surface area contributed by atoms with Crippen LogP contribution >= 0.6 is 23.2 Å². The van der Waals surface area contributed by atoms with Crippen molar-refractivity contribution in [2.75, 3.05) is 27.1 Å². The lowest BCUT2D eigenvalue weighted by Gasteiger charge is -2.22. The number of aryl methyl sites for hydroxylation is 2. The van der Waals surface area contributed by atoms with Crippen LogP contribution in [0, 0.1) is 13.8 Å². The Morgan fingerprint density at radius 3 is 1.94 bits per heavy atom. The van der Waals surface area contributed by atoms with Gasteiger partial charge in [0.05, 0.1) is 16.8 Å². The SMILES string of the molecule is Cc1ccc(NS(=O)(=O)c2ccc(NC(=O)CN(c3cc(Cl)cc(Cl)c3)S(C)(=O)=O)cc2)cc1C. The van der Waals surface area contributed by atoms with Gasteiger partial charge >= 0.3 is 0 Å². The zero-order valence-corrected chi connectivity index (χ0v) is 22.2. The molecule has 0 radical (unpaired) electrons. The molecule has 2 N–H and O–H groups in total. The third kappa shape index (κ3) is 7.11. The van der Waals surface area contributed by atoms with Gasteiger partial charge in [-0.15, -0.1) is 0 Å². The summed E-state index contributed by atoms with van der Waals surface area (Å²) in [7, 11) is -7.68. The summed E-state index contributed by atoms with van der Waals surface area (Å²) in [6.07, 6.45) is 0.956. The van der Waals surface area contributed by atoms with Gasteiger partial charge in [-0.25, -0.2) is 16.8 Å². The topological polar surface area (TPSA) is 113 Å².